The maximum absolute atomic E-state index is 12.4. The van der Waals surface area contributed by atoms with Crippen LogP contribution >= 0.6 is 0 Å². The van der Waals surface area contributed by atoms with Gasteiger partial charge in [0.2, 0.25) is 5.91 Å². The van der Waals surface area contributed by atoms with Crippen molar-refractivity contribution in [2.45, 2.75) is 353 Å². The van der Waals surface area contributed by atoms with Crippen molar-refractivity contribution in [1.82, 2.24) is 5.32 Å². The molecule has 0 aromatic heterocycles. The molecule has 0 aromatic rings. The summed E-state index contributed by atoms with van der Waals surface area (Å²) >= 11 is 0. The lowest BCUT2D eigenvalue weighted by Crippen LogP contribution is -2.45. The van der Waals surface area contributed by atoms with Crippen LogP contribution in [0.4, 0.5) is 0 Å². The first-order valence-electron chi connectivity index (χ1n) is 31.7. The fourth-order valence-electron chi connectivity index (χ4n) is 9.78. The molecular formula is C65H123NO5. The molecule has 0 aliphatic carbocycles. The van der Waals surface area contributed by atoms with E-state index in [0.717, 1.165) is 51.4 Å². The van der Waals surface area contributed by atoms with Gasteiger partial charge in [0, 0.05) is 12.8 Å². The molecule has 0 spiro atoms. The van der Waals surface area contributed by atoms with Gasteiger partial charge in [-0.05, 0) is 83.5 Å². The molecule has 0 fully saturated rings. The Hall–Kier alpha value is -1.92. The first-order chi connectivity index (χ1) is 35.0. The highest BCUT2D eigenvalue weighted by Crippen LogP contribution is 2.17. The summed E-state index contributed by atoms with van der Waals surface area (Å²) in [6.45, 7) is 4.95. The van der Waals surface area contributed by atoms with E-state index in [1.54, 1.807) is 0 Å². The zero-order valence-electron chi connectivity index (χ0n) is 47.7. The van der Waals surface area contributed by atoms with E-state index in [0.29, 0.717) is 25.9 Å². The van der Waals surface area contributed by atoms with Crippen LogP contribution in [0, 0.1) is 0 Å². The zero-order chi connectivity index (χ0) is 51.4. The average molecular weight is 999 g/mol. The second-order valence-electron chi connectivity index (χ2n) is 21.7. The molecule has 2 atom stereocenters. The summed E-state index contributed by atoms with van der Waals surface area (Å²) in [5, 5.41) is 23.2. The molecule has 0 radical (unpaired) electrons. The van der Waals surface area contributed by atoms with E-state index in [4.69, 9.17) is 4.74 Å². The standard InChI is InChI=1S/C65H123NO5/c1-3-5-7-9-11-13-15-16-17-18-29-32-35-39-43-47-51-55-59-65(70)71-60-56-52-48-44-40-36-33-30-27-25-23-21-19-20-22-24-26-28-31-34-38-42-46-50-54-58-64(69)66-62(61-67)63(68)57-53-49-45-41-37-14-12-10-8-6-4-2/h17-18,20-23,62-63,67-68H,3-16,19,24-61H2,1-2H3,(H,66,69)/b18-17-,22-20-,23-21-. The predicted molar refractivity (Wildman–Crippen MR) is 310 cm³/mol. The number of carbonyl (C=O) groups excluding carboxylic acids is 2. The number of unbranched alkanes of at least 4 members (excludes halogenated alkanes) is 42. The first kappa shape index (κ1) is 69.1. The molecular weight excluding hydrogens is 875 g/mol. The van der Waals surface area contributed by atoms with Gasteiger partial charge in [-0.1, -0.05) is 281 Å². The molecule has 0 heterocycles. The molecule has 0 rings (SSSR count). The number of rotatable bonds is 59. The Kier molecular flexibility index (Phi) is 59.0. The monoisotopic (exact) mass is 998 g/mol. The molecule has 0 saturated heterocycles. The highest BCUT2D eigenvalue weighted by molar-refractivity contribution is 5.76. The van der Waals surface area contributed by atoms with Crippen LogP contribution in [0.1, 0.15) is 341 Å². The summed E-state index contributed by atoms with van der Waals surface area (Å²) in [5.74, 6) is -0.0355. The van der Waals surface area contributed by atoms with Crippen LogP contribution in [0.15, 0.2) is 36.5 Å². The molecule has 0 aliphatic heterocycles. The van der Waals surface area contributed by atoms with Gasteiger partial charge in [-0.2, -0.15) is 0 Å². The Bertz CT molecular complexity index is 1150. The third-order valence-electron chi connectivity index (χ3n) is 14.7. The predicted octanol–water partition coefficient (Wildman–Crippen LogP) is 20.0. The number of allylic oxidation sites excluding steroid dienone is 6. The number of aliphatic hydroxyl groups excluding tert-OH is 2. The van der Waals surface area contributed by atoms with Crippen molar-refractivity contribution < 1.29 is 24.5 Å². The van der Waals surface area contributed by atoms with Crippen molar-refractivity contribution in [1.29, 1.82) is 0 Å². The average Bonchev–Trinajstić information content (AvgIpc) is 3.37. The van der Waals surface area contributed by atoms with E-state index >= 15 is 0 Å². The van der Waals surface area contributed by atoms with Gasteiger partial charge in [-0.25, -0.2) is 0 Å². The molecule has 71 heavy (non-hydrogen) atoms. The van der Waals surface area contributed by atoms with Crippen molar-refractivity contribution in [3.05, 3.63) is 36.5 Å². The summed E-state index contributed by atoms with van der Waals surface area (Å²) < 4.78 is 5.49. The second kappa shape index (κ2) is 60.6. The lowest BCUT2D eigenvalue weighted by atomic mass is 10.0. The smallest absolute Gasteiger partial charge is 0.305 e. The van der Waals surface area contributed by atoms with E-state index in [-0.39, 0.29) is 18.5 Å². The van der Waals surface area contributed by atoms with E-state index < -0.39 is 12.1 Å². The fraction of sp³-hybridized carbons (Fsp3) is 0.877. The summed E-state index contributed by atoms with van der Waals surface area (Å²) in [6, 6.07) is -0.545. The highest BCUT2D eigenvalue weighted by atomic mass is 16.5. The largest absolute Gasteiger partial charge is 0.466 e. The Balaban J connectivity index is 3.40. The maximum atomic E-state index is 12.4. The van der Waals surface area contributed by atoms with Gasteiger partial charge >= 0.3 is 5.97 Å². The van der Waals surface area contributed by atoms with Crippen LogP contribution in [0.25, 0.3) is 0 Å². The highest BCUT2D eigenvalue weighted by Gasteiger charge is 2.20. The van der Waals surface area contributed by atoms with Gasteiger partial charge in [0.1, 0.15) is 0 Å². The molecule has 6 nitrogen and oxygen atoms in total. The van der Waals surface area contributed by atoms with Crippen LogP contribution in [-0.4, -0.2) is 47.4 Å². The Morgan fingerprint density at radius 1 is 0.394 bits per heavy atom. The summed E-state index contributed by atoms with van der Waals surface area (Å²) in [6.07, 6.45) is 75.9. The molecule has 2 unspecified atom stereocenters. The lowest BCUT2D eigenvalue weighted by Gasteiger charge is -2.22. The van der Waals surface area contributed by atoms with Gasteiger partial charge in [-0.3, -0.25) is 9.59 Å². The Morgan fingerprint density at radius 2 is 0.704 bits per heavy atom. The van der Waals surface area contributed by atoms with Crippen molar-refractivity contribution >= 4 is 11.9 Å². The van der Waals surface area contributed by atoms with Gasteiger partial charge < -0.3 is 20.3 Å². The third-order valence-corrected chi connectivity index (χ3v) is 14.7. The normalized spacial score (nSPS) is 12.8. The molecule has 6 heteroatoms. The molecule has 0 aromatic carbocycles. The van der Waals surface area contributed by atoms with Crippen molar-refractivity contribution in [2.75, 3.05) is 13.2 Å². The number of nitrogens with one attached hydrogen (secondary N) is 1. The fourth-order valence-corrected chi connectivity index (χ4v) is 9.78. The quantitative estimate of drug-likeness (QED) is 0.0321. The van der Waals surface area contributed by atoms with E-state index in [1.807, 2.05) is 0 Å². The van der Waals surface area contributed by atoms with Crippen LogP contribution in [0.2, 0.25) is 0 Å². The topological polar surface area (TPSA) is 95.9 Å². The molecule has 418 valence electrons. The van der Waals surface area contributed by atoms with E-state index in [2.05, 4.69) is 55.6 Å². The number of aliphatic hydroxyl groups is 2. The van der Waals surface area contributed by atoms with Crippen molar-refractivity contribution in [3.8, 4) is 0 Å². The minimum absolute atomic E-state index is 0.00615. The summed E-state index contributed by atoms with van der Waals surface area (Å²) in [4.78, 5) is 24.5. The third kappa shape index (κ3) is 57.2. The number of hydrogen-bond acceptors (Lipinski definition) is 5. The Labute approximate surface area is 443 Å². The summed E-state index contributed by atoms with van der Waals surface area (Å²) in [5.41, 5.74) is 0. The molecule has 1 amide bonds. The number of ether oxygens (including phenoxy) is 1. The van der Waals surface area contributed by atoms with Crippen LogP contribution < -0.4 is 5.32 Å². The van der Waals surface area contributed by atoms with Crippen molar-refractivity contribution in [2.24, 2.45) is 0 Å². The summed E-state index contributed by atoms with van der Waals surface area (Å²) in [7, 11) is 0. The molecule has 0 bridgehead atoms. The number of esters is 1. The lowest BCUT2D eigenvalue weighted by molar-refractivity contribution is -0.143. The SMILES string of the molecule is CCCCCCCCC/C=C\CCCCCCCCCC(=O)OCCCCCCCCCCC/C=C\C/C=C\CCCCCCCCCCCC(=O)NC(CO)C(O)CCCCCCCCCCCCC. The van der Waals surface area contributed by atoms with Crippen molar-refractivity contribution in [3.63, 3.8) is 0 Å². The van der Waals surface area contributed by atoms with Crippen LogP contribution in [0.5, 0.6) is 0 Å². The van der Waals surface area contributed by atoms with Gasteiger partial charge in [0.25, 0.3) is 0 Å². The minimum Gasteiger partial charge on any atom is -0.466 e. The molecule has 0 aliphatic rings. The maximum Gasteiger partial charge on any atom is 0.305 e. The van der Waals surface area contributed by atoms with Gasteiger partial charge in [0.05, 0.1) is 25.4 Å². The second-order valence-corrected chi connectivity index (χ2v) is 21.7. The van der Waals surface area contributed by atoms with Gasteiger partial charge in [-0.15, -0.1) is 0 Å². The Morgan fingerprint density at radius 3 is 1.08 bits per heavy atom. The number of carbonyl (C=O) groups is 2. The van der Waals surface area contributed by atoms with E-state index in [1.165, 1.54) is 257 Å². The zero-order valence-corrected chi connectivity index (χ0v) is 47.7. The van der Waals surface area contributed by atoms with Gasteiger partial charge in [0.15, 0.2) is 0 Å². The minimum atomic E-state index is -0.667. The van der Waals surface area contributed by atoms with Crippen LogP contribution in [0.3, 0.4) is 0 Å². The molecule has 0 saturated carbocycles. The number of amides is 1. The van der Waals surface area contributed by atoms with E-state index in [9.17, 15) is 19.8 Å². The first-order valence-corrected chi connectivity index (χ1v) is 31.7. The molecule has 3 N–H and O–H groups in total. The van der Waals surface area contributed by atoms with Crippen LogP contribution in [-0.2, 0) is 14.3 Å². The number of hydrogen-bond donors (Lipinski definition) is 3.